The van der Waals surface area contributed by atoms with Gasteiger partial charge in [0.2, 0.25) is 5.91 Å². The lowest BCUT2D eigenvalue weighted by atomic mass is 10.2. The van der Waals surface area contributed by atoms with E-state index in [1.807, 2.05) is 0 Å². The fourth-order valence-electron chi connectivity index (χ4n) is 2.75. The molecule has 0 spiro atoms. The molecule has 0 atom stereocenters. The summed E-state index contributed by atoms with van der Waals surface area (Å²) in [4.78, 5) is 12.2. The Morgan fingerprint density at radius 3 is 2.34 bits per heavy atom. The Hall–Kier alpha value is -2.26. The quantitative estimate of drug-likeness (QED) is 0.381. The van der Waals surface area contributed by atoms with Crippen LogP contribution < -0.4 is 10.0 Å². The van der Waals surface area contributed by atoms with Crippen molar-refractivity contribution < 1.29 is 17.6 Å². The molecule has 0 fully saturated rings. The molecule has 2 N–H and O–H groups in total. The molecule has 32 heavy (non-hydrogen) atoms. The van der Waals surface area contributed by atoms with Crippen molar-refractivity contribution in [2.75, 3.05) is 15.8 Å². The molecule has 0 saturated heterocycles. The van der Waals surface area contributed by atoms with Crippen LogP contribution >= 0.6 is 35.0 Å². The molecule has 3 aromatic carbocycles. The molecule has 0 unspecified atom stereocenters. The van der Waals surface area contributed by atoms with Crippen LogP contribution in [0.5, 0.6) is 0 Å². The lowest BCUT2D eigenvalue weighted by molar-refractivity contribution is -0.113. The fraction of sp³-hybridized carbons (Fsp3) is 0.136. The van der Waals surface area contributed by atoms with Gasteiger partial charge in [0.05, 0.1) is 16.3 Å². The van der Waals surface area contributed by atoms with Gasteiger partial charge >= 0.3 is 0 Å². The summed E-state index contributed by atoms with van der Waals surface area (Å²) in [6.07, 6.45) is 0. The van der Waals surface area contributed by atoms with Crippen molar-refractivity contribution in [3.63, 3.8) is 0 Å². The Morgan fingerprint density at radius 2 is 1.66 bits per heavy atom. The molecule has 1 amide bonds. The van der Waals surface area contributed by atoms with Crippen molar-refractivity contribution in [1.82, 2.24) is 0 Å². The van der Waals surface area contributed by atoms with Gasteiger partial charge in [-0.25, -0.2) is 12.8 Å². The highest BCUT2D eigenvalue weighted by Gasteiger charge is 2.16. The van der Waals surface area contributed by atoms with Crippen LogP contribution in [0.1, 0.15) is 11.1 Å². The highest BCUT2D eigenvalue weighted by atomic mass is 35.5. The minimum absolute atomic E-state index is 0.0402. The number of carbonyl (C=O) groups excluding carboxylic acids is 1. The van der Waals surface area contributed by atoms with Gasteiger partial charge in [0, 0.05) is 27.0 Å². The Bertz CT molecular complexity index is 1220. The number of carbonyl (C=O) groups is 1. The summed E-state index contributed by atoms with van der Waals surface area (Å²) in [7, 11) is -3.82. The van der Waals surface area contributed by atoms with Gasteiger partial charge in [-0.15, -0.1) is 11.8 Å². The van der Waals surface area contributed by atoms with Gasteiger partial charge < -0.3 is 5.32 Å². The normalized spacial score (nSPS) is 11.2. The molecule has 0 aromatic heterocycles. The number of halogens is 3. The summed E-state index contributed by atoms with van der Waals surface area (Å²) in [5.41, 5.74) is 1.80. The summed E-state index contributed by atoms with van der Waals surface area (Å²) in [5, 5.41) is 3.46. The third kappa shape index (κ3) is 6.16. The largest absolute Gasteiger partial charge is 0.325 e. The van der Waals surface area contributed by atoms with Crippen molar-refractivity contribution in [3.8, 4) is 0 Å². The maximum absolute atomic E-state index is 13.8. The van der Waals surface area contributed by atoms with Gasteiger partial charge in [-0.3, -0.25) is 9.52 Å². The molecular weight excluding hydrogens is 494 g/mol. The van der Waals surface area contributed by atoms with E-state index in [-0.39, 0.29) is 22.3 Å². The van der Waals surface area contributed by atoms with Crippen molar-refractivity contribution in [2.24, 2.45) is 0 Å². The van der Waals surface area contributed by atoms with Gasteiger partial charge in [0.15, 0.2) is 0 Å². The van der Waals surface area contributed by atoms with E-state index in [1.54, 1.807) is 31.2 Å². The van der Waals surface area contributed by atoms with Gasteiger partial charge in [0.25, 0.3) is 10.0 Å². The predicted octanol–water partition coefficient (Wildman–Crippen LogP) is 6.11. The Morgan fingerprint density at radius 1 is 1.00 bits per heavy atom. The zero-order valence-corrected chi connectivity index (χ0v) is 20.0. The predicted molar refractivity (Wildman–Crippen MR) is 130 cm³/mol. The maximum Gasteiger partial charge on any atom is 0.261 e. The summed E-state index contributed by atoms with van der Waals surface area (Å²) < 4.78 is 41.6. The monoisotopic (exact) mass is 512 g/mol. The molecular formula is C22H19Cl2FN2O3S2. The first-order valence-corrected chi connectivity index (χ1v) is 12.8. The van der Waals surface area contributed by atoms with E-state index in [0.29, 0.717) is 32.5 Å². The van der Waals surface area contributed by atoms with Crippen molar-refractivity contribution in [2.45, 2.75) is 17.6 Å². The topological polar surface area (TPSA) is 75.3 Å². The molecule has 0 radical (unpaired) electrons. The summed E-state index contributed by atoms with van der Waals surface area (Å²) in [6.45, 7) is 1.72. The average Bonchev–Trinajstić information content (AvgIpc) is 2.74. The fourth-order valence-corrected chi connectivity index (χ4v) is 5.22. The minimum Gasteiger partial charge on any atom is -0.325 e. The average molecular weight is 513 g/mol. The van der Waals surface area contributed by atoms with E-state index in [1.165, 1.54) is 48.2 Å². The van der Waals surface area contributed by atoms with E-state index in [2.05, 4.69) is 10.0 Å². The van der Waals surface area contributed by atoms with Gasteiger partial charge in [0.1, 0.15) is 5.82 Å². The van der Waals surface area contributed by atoms with E-state index in [9.17, 15) is 17.6 Å². The van der Waals surface area contributed by atoms with Crippen LogP contribution in [-0.2, 0) is 20.6 Å². The highest BCUT2D eigenvalue weighted by molar-refractivity contribution is 7.99. The van der Waals surface area contributed by atoms with Gasteiger partial charge in [-0.1, -0.05) is 35.3 Å². The molecule has 10 heteroatoms. The first-order chi connectivity index (χ1) is 15.2. The zero-order valence-electron chi connectivity index (χ0n) is 16.9. The second-order valence-corrected chi connectivity index (χ2v) is 10.3. The van der Waals surface area contributed by atoms with Crippen molar-refractivity contribution in [3.05, 3.63) is 87.7 Å². The molecule has 0 aliphatic rings. The summed E-state index contributed by atoms with van der Waals surface area (Å²) >= 11 is 13.2. The number of hydrogen-bond donors (Lipinski definition) is 2. The molecule has 5 nitrogen and oxygen atoms in total. The summed E-state index contributed by atoms with van der Waals surface area (Å²) in [5.74, 6) is -0.375. The number of amides is 1. The highest BCUT2D eigenvalue weighted by Crippen LogP contribution is 2.26. The molecule has 0 aliphatic heterocycles. The van der Waals surface area contributed by atoms with Gasteiger partial charge in [-0.2, -0.15) is 0 Å². The molecule has 0 saturated carbocycles. The van der Waals surface area contributed by atoms with Crippen molar-refractivity contribution in [1.29, 1.82) is 0 Å². The van der Waals surface area contributed by atoms with E-state index >= 15 is 0 Å². The van der Waals surface area contributed by atoms with Crippen LogP contribution in [0.15, 0.2) is 65.6 Å². The molecule has 0 bridgehead atoms. The third-order valence-electron chi connectivity index (χ3n) is 4.50. The first-order valence-electron chi connectivity index (χ1n) is 9.36. The first kappa shape index (κ1) is 24.4. The number of nitrogens with one attached hydrogen (secondary N) is 2. The van der Waals surface area contributed by atoms with Gasteiger partial charge in [-0.05, 0) is 61.0 Å². The third-order valence-corrected chi connectivity index (χ3v) is 7.61. The smallest absolute Gasteiger partial charge is 0.261 e. The number of rotatable bonds is 8. The van der Waals surface area contributed by atoms with Crippen LogP contribution in [0.25, 0.3) is 0 Å². The number of hydrogen-bond acceptors (Lipinski definition) is 4. The van der Waals surface area contributed by atoms with E-state index < -0.39 is 15.8 Å². The Labute approximate surface area is 200 Å². The number of anilines is 2. The molecule has 168 valence electrons. The molecule has 3 aromatic rings. The van der Waals surface area contributed by atoms with E-state index in [0.717, 1.165) is 0 Å². The van der Waals surface area contributed by atoms with Crippen LogP contribution in [-0.4, -0.2) is 20.1 Å². The van der Waals surface area contributed by atoms with Crippen molar-refractivity contribution >= 4 is 62.3 Å². The molecule has 0 heterocycles. The minimum atomic E-state index is -3.82. The number of benzene rings is 3. The molecule has 3 rings (SSSR count). The SMILES string of the molecule is Cc1c(Cl)cccc1NS(=O)(=O)c1ccc(NC(=O)CSCc2c(F)cccc2Cl)cc1. The second-order valence-electron chi connectivity index (χ2n) is 6.78. The Balaban J connectivity index is 1.58. The second kappa shape index (κ2) is 10.6. The number of thioether (sulfide) groups is 1. The van der Waals surface area contributed by atoms with Crippen LogP contribution in [0.2, 0.25) is 10.0 Å². The standard InChI is InChI=1S/C22H19Cl2FN2O3S2/c1-14-18(23)4-3-7-21(14)27-32(29,30)16-10-8-15(9-11-16)26-22(28)13-31-12-17-19(24)5-2-6-20(17)25/h2-11,27H,12-13H2,1H3,(H,26,28). The van der Waals surface area contributed by atoms with Crippen LogP contribution in [0.3, 0.4) is 0 Å². The lowest BCUT2D eigenvalue weighted by Crippen LogP contribution is -2.15. The van der Waals surface area contributed by atoms with E-state index in [4.69, 9.17) is 23.2 Å². The van der Waals surface area contributed by atoms with Crippen LogP contribution in [0, 0.1) is 12.7 Å². The zero-order chi connectivity index (χ0) is 23.3. The van der Waals surface area contributed by atoms with Crippen LogP contribution in [0.4, 0.5) is 15.8 Å². The summed E-state index contributed by atoms with van der Waals surface area (Å²) in [6, 6.07) is 15.2. The number of sulfonamides is 1. The lowest BCUT2D eigenvalue weighted by Gasteiger charge is -2.12. The molecule has 0 aliphatic carbocycles. The maximum atomic E-state index is 13.8. The Kier molecular flexibility index (Phi) is 8.05.